The molecule has 1 aromatic carbocycles. The van der Waals surface area contributed by atoms with Crippen LogP contribution in [0, 0.1) is 6.92 Å². The summed E-state index contributed by atoms with van der Waals surface area (Å²) >= 11 is 8.72. The minimum Gasteiger partial charge on any atom is -0.495 e. The van der Waals surface area contributed by atoms with Gasteiger partial charge in [-0.15, -0.1) is 11.3 Å². The van der Waals surface area contributed by atoms with E-state index in [9.17, 15) is 14.4 Å². The number of nitrogens with one attached hydrogen (secondary N) is 2. The number of halogens is 1. The van der Waals surface area contributed by atoms with E-state index in [2.05, 4.69) is 15.6 Å². The molecule has 0 radical (unpaired) electrons. The van der Waals surface area contributed by atoms with Crippen molar-refractivity contribution in [2.24, 2.45) is 4.99 Å². The van der Waals surface area contributed by atoms with Crippen molar-refractivity contribution in [3.8, 4) is 5.75 Å². The van der Waals surface area contributed by atoms with Gasteiger partial charge in [-0.05, 0) is 54.6 Å². The Bertz CT molecular complexity index is 1130. The number of thiophene rings is 1. The molecule has 2 N–H and O–H groups in total. The number of amidine groups is 1. The zero-order valence-electron chi connectivity index (χ0n) is 18.3. The number of methoxy groups -OCH3 is 1. The maximum Gasteiger partial charge on any atom is 0.321 e. The van der Waals surface area contributed by atoms with Crippen LogP contribution in [0.1, 0.15) is 23.8 Å². The van der Waals surface area contributed by atoms with Crippen LogP contribution < -0.4 is 20.3 Å². The second-order valence-electron chi connectivity index (χ2n) is 6.94. The highest BCUT2D eigenvalue weighted by Gasteiger charge is 2.34. The molecule has 0 saturated heterocycles. The number of hydrogen-bond donors (Lipinski definition) is 2. The van der Waals surface area contributed by atoms with Crippen LogP contribution in [0.2, 0.25) is 5.02 Å². The zero-order chi connectivity index (χ0) is 24.0. The van der Waals surface area contributed by atoms with Gasteiger partial charge in [-0.3, -0.25) is 14.9 Å². The highest BCUT2D eigenvalue weighted by Crippen LogP contribution is 2.37. The first-order chi connectivity index (χ1) is 15.8. The quantitative estimate of drug-likeness (QED) is 0.541. The molecule has 0 fully saturated rings. The lowest BCUT2D eigenvalue weighted by molar-refractivity contribution is -0.117. The van der Waals surface area contributed by atoms with E-state index in [1.165, 1.54) is 23.3 Å². The fourth-order valence-electron chi connectivity index (χ4n) is 2.88. The molecule has 4 amide bonds. The van der Waals surface area contributed by atoms with E-state index in [-0.39, 0.29) is 22.5 Å². The van der Waals surface area contributed by atoms with Crippen LogP contribution in [0.25, 0.3) is 6.08 Å². The average molecular weight is 507 g/mol. The third-order valence-electron chi connectivity index (χ3n) is 4.50. The number of urea groups is 1. The fraction of sp³-hybridized carbons (Fsp3) is 0.273. The molecular formula is C22H23ClN4O4S2. The van der Waals surface area contributed by atoms with Gasteiger partial charge in [0.05, 0.1) is 18.6 Å². The molecule has 1 aromatic heterocycles. The molecule has 0 atom stereocenters. The number of thioether (sulfide) groups is 1. The van der Waals surface area contributed by atoms with Crippen molar-refractivity contribution in [3.05, 3.63) is 50.8 Å². The van der Waals surface area contributed by atoms with E-state index < -0.39 is 11.9 Å². The van der Waals surface area contributed by atoms with E-state index in [0.29, 0.717) is 23.0 Å². The van der Waals surface area contributed by atoms with Crippen LogP contribution in [0.3, 0.4) is 0 Å². The van der Waals surface area contributed by atoms with Gasteiger partial charge in [-0.1, -0.05) is 30.3 Å². The molecule has 2 heterocycles. The largest absolute Gasteiger partial charge is 0.495 e. The fourth-order valence-corrected chi connectivity index (χ4v) is 4.70. The van der Waals surface area contributed by atoms with Crippen molar-refractivity contribution < 1.29 is 19.1 Å². The van der Waals surface area contributed by atoms with E-state index in [0.717, 1.165) is 28.6 Å². The number of hydrogen-bond acceptors (Lipinski definition) is 7. The summed E-state index contributed by atoms with van der Waals surface area (Å²) in [6, 6.07) is 6.31. The highest BCUT2D eigenvalue weighted by atomic mass is 35.5. The maximum atomic E-state index is 13.3. The third-order valence-corrected chi connectivity index (χ3v) is 6.64. The highest BCUT2D eigenvalue weighted by molar-refractivity contribution is 8.14. The Hall–Kier alpha value is -2.82. The summed E-state index contributed by atoms with van der Waals surface area (Å²) in [6.45, 7) is 4.33. The minimum atomic E-state index is -0.561. The number of aryl methyl sites for hydroxylation is 1. The number of imide groups is 1. The van der Waals surface area contributed by atoms with Gasteiger partial charge in [0.2, 0.25) is 5.91 Å². The van der Waals surface area contributed by atoms with Crippen molar-refractivity contribution in [2.75, 3.05) is 24.3 Å². The number of nitrogens with zero attached hydrogens (tertiary/aromatic N) is 2. The monoisotopic (exact) mass is 506 g/mol. The maximum absolute atomic E-state index is 13.3. The molecule has 1 aliphatic rings. The molecule has 0 saturated carbocycles. The molecule has 11 heteroatoms. The van der Waals surface area contributed by atoms with Crippen LogP contribution in [-0.2, 0) is 9.59 Å². The van der Waals surface area contributed by atoms with Crippen molar-refractivity contribution in [3.63, 3.8) is 0 Å². The summed E-state index contributed by atoms with van der Waals surface area (Å²) in [5.74, 6) is -0.561. The van der Waals surface area contributed by atoms with Crippen LogP contribution in [0.15, 0.2) is 40.3 Å². The summed E-state index contributed by atoms with van der Waals surface area (Å²) in [6.07, 6.45) is 2.47. The Morgan fingerprint density at radius 1 is 1.33 bits per heavy atom. The predicted octanol–water partition coefficient (Wildman–Crippen LogP) is 4.43. The van der Waals surface area contributed by atoms with Crippen molar-refractivity contribution >= 4 is 69.5 Å². The number of rotatable bonds is 7. The summed E-state index contributed by atoms with van der Waals surface area (Å²) in [5.41, 5.74) is 1.67. The van der Waals surface area contributed by atoms with Crippen molar-refractivity contribution in [2.45, 2.75) is 20.3 Å². The Kier molecular flexibility index (Phi) is 8.54. The van der Waals surface area contributed by atoms with Gasteiger partial charge in [0, 0.05) is 16.4 Å². The summed E-state index contributed by atoms with van der Waals surface area (Å²) in [7, 11) is 1.49. The van der Waals surface area contributed by atoms with Gasteiger partial charge in [-0.2, -0.15) is 0 Å². The van der Waals surface area contributed by atoms with Gasteiger partial charge in [0.25, 0.3) is 5.91 Å². The van der Waals surface area contributed by atoms with Crippen LogP contribution >= 0.6 is 34.7 Å². The van der Waals surface area contributed by atoms with E-state index in [1.54, 1.807) is 24.3 Å². The van der Waals surface area contributed by atoms with Gasteiger partial charge < -0.3 is 10.1 Å². The van der Waals surface area contributed by atoms with Crippen LogP contribution in [-0.4, -0.2) is 42.4 Å². The minimum absolute atomic E-state index is 0.115. The van der Waals surface area contributed by atoms with E-state index >= 15 is 0 Å². The molecular weight excluding hydrogens is 484 g/mol. The number of anilines is 1. The van der Waals surface area contributed by atoms with Gasteiger partial charge in [0.1, 0.15) is 11.4 Å². The second kappa shape index (κ2) is 11.4. The molecule has 2 aromatic rings. The molecule has 0 unspecified atom stereocenters. The van der Waals surface area contributed by atoms with E-state index in [4.69, 9.17) is 16.3 Å². The average Bonchev–Trinajstić information content (AvgIpc) is 3.33. The standard InChI is InChI=1S/C22H23ClN4O4S2/c1-4-8-24-21(30)26-19(28)12-33-22-25-15(11-18-13(2)7-9-32-18)20(29)27(22)16-10-14(23)5-6-17(16)31-3/h5-7,9-11H,4,8,12H2,1-3H3,(H2,24,26,28,30)/b15-11-. The Morgan fingerprint density at radius 2 is 2.12 bits per heavy atom. The molecule has 174 valence electrons. The Morgan fingerprint density at radius 3 is 2.79 bits per heavy atom. The topological polar surface area (TPSA) is 100 Å². The number of ether oxygens (including phenoxy) is 1. The summed E-state index contributed by atoms with van der Waals surface area (Å²) < 4.78 is 5.42. The van der Waals surface area contributed by atoms with Crippen LogP contribution in [0.4, 0.5) is 10.5 Å². The lowest BCUT2D eigenvalue weighted by atomic mass is 10.2. The predicted molar refractivity (Wildman–Crippen MR) is 134 cm³/mol. The molecule has 33 heavy (non-hydrogen) atoms. The van der Waals surface area contributed by atoms with Gasteiger partial charge in [-0.25, -0.2) is 14.7 Å². The number of carbonyl (C=O) groups is 3. The number of benzene rings is 1. The lowest BCUT2D eigenvalue weighted by Crippen LogP contribution is -2.41. The van der Waals surface area contributed by atoms with Crippen LogP contribution in [0.5, 0.6) is 5.75 Å². The number of aliphatic imine (C=N–C) groups is 1. The number of carbonyl (C=O) groups excluding carboxylic acids is 3. The van der Waals surface area contributed by atoms with Gasteiger partial charge >= 0.3 is 6.03 Å². The zero-order valence-corrected chi connectivity index (χ0v) is 20.7. The Balaban J connectivity index is 1.88. The summed E-state index contributed by atoms with van der Waals surface area (Å²) in [4.78, 5) is 44.1. The normalized spacial score (nSPS) is 14.4. The lowest BCUT2D eigenvalue weighted by Gasteiger charge is -2.20. The Labute approximate surface area is 205 Å². The van der Waals surface area contributed by atoms with Gasteiger partial charge in [0.15, 0.2) is 5.17 Å². The van der Waals surface area contributed by atoms with Crippen molar-refractivity contribution in [1.29, 1.82) is 0 Å². The molecule has 8 nitrogen and oxygen atoms in total. The second-order valence-corrected chi connectivity index (χ2v) is 9.27. The smallest absolute Gasteiger partial charge is 0.321 e. The van der Waals surface area contributed by atoms with Crippen molar-refractivity contribution in [1.82, 2.24) is 10.6 Å². The van der Waals surface area contributed by atoms with E-state index in [1.807, 2.05) is 25.3 Å². The molecule has 3 rings (SSSR count). The first-order valence-corrected chi connectivity index (χ1v) is 12.3. The molecule has 0 aliphatic carbocycles. The molecule has 0 bridgehead atoms. The molecule has 0 spiro atoms. The SMILES string of the molecule is CCCNC(=O)NC(=O)CSC1=N/C(=C\c2sccc2C)C(=O)N1c1cc(Cl)ccc1OC. The first-order valence-electron chi connectivity index (χ1n) is 10.1. The summed E-state index contributed by atoms with van der Waals surface area (Å²) in [5, 5.41) is 7.48. The molecule has 1 aliphatic heterocycles. The number of amides is 4. The third kappa shape index (κ3) is 6.16. The first kappa shape index (κ1) is 24.8.